The molecule has 1 aromatic carbocycles. The Morgan fingerprint density at radius 1 is 1.24 bits per heavy atom. The molecule has 1 aliphatic rings. The van der Waals surface area contributed by atoms with Crippen LogP contribution in [0.3, 0.4) is 0 Å². The van der Waals surface area contributed by atoms with Crippen LogP contribution in [0.2, 0.25) is 0 Å². The molecule has 0 saturated carbocycles. The van der Waals surface area contributed by atoms with Gasteiger partial charge in [-0.2, -0.15) is 5.26 Å². The number of pyridine rings is 1. The second-order valence-electron chi connectivity index (χ2n) is 7.68. The van der Waals surface area contributed by atoms with Gasteiger partial charge in [-0.15, -0.1) is 0 Å². The molecule has 2 aromatic heterocycles. The zero-order chi connectivity index (χ0) is 23.8. The van der Waals surface area contributed by atoms with Gasteiger partial charge in [0.25, 0.3) is 12.0 Å². The number of nitriles is 1. The summed E-state index contributed by atoms with van der Waals surface area (Å²) in [5, 5.41) is 10.3. The zero-order valence-corrected chi connectivity index (χ0v) is 18.3. The fourth-order valence-corrected chi connectivity index (χ4v) is 5.25. The maximum atomic E-state index is 14.4. The van der Waals surface area contributed by atoms with Gasteiger partial charge in [-0.05, 0) is 25.0 Å². The molecule has 4 rings (SSSR count). The van der Waals surface area contributed by atoms with E-state index in [1.807, 2.05) is 0 Å². The summed E-state index contributed by atoms with van der Waals surface area (Å²) in [6.45, 7) is 0. The zero-order valence-electron chi connectivity index (χ0n) is 17.4. The summed E-state index contributed by atoms with van der Waals surface area (Å²) in [5.74, 6) is -0.324. The van der Waals surface area contributed by atoms with Gasteiger partial charge in [0.1, 0.15) is 12.0 Å². The highest BCUT2D eigenvalue weighted by Gasteiger charge is 2.39. The van der Waals surface area contributed by atoms with Crippen LogP contribution in [0.5, 0.6) is 0 Å². The molecule has 1 saturated heterocycles. The van der Waals surface area contributed by atoms with Crippen LogP contribution in [0.1, 0.15) is 30.4 Å². The normalized spacial score (nSPS) is 20.5. The summed E-state index contributed by atoms with van der Waals surface area (Å²) in [6.07, 6.45) is -1.23. The van der Waals surface area contributed by atoms with Crippen LogP contribution in [-0.2, 0) is 23.3 Å². The van der Waals surface area contributed by atoms with Gasteiger partial charge in [-0.3, -0.25) is 24.4 Å². The summed E-state index contributed by atoms with van der Waals surface area (Å²) in [5.41, 5.74) is 3.27. The minimum atomic E-state index is -2.98. The van der Waals surface area contributed by atoms with Gasteiger partial charge < -0.3 is 0 Å². The number of fused-ring (bicyclic) bond motifs is 1. The van der Waals surface area contributed by atoms with Crippen LogP contribution in [0.4, 0.5) is 24.7 Å². The van der Waals surface area contributed by atoms with Gasteiger partial charge in [-0.1, -0.05) is 12.1 Å². The summed E-state index contributed by atoms with van der Waals surface area (Å²) < 4.78 is 53.5. The Labute approximate surface area is 188 Å². The number of aryl methyl sites for hydroxylation is 1. The first kappa shape index (κ1) is 22.7. The highest BCUT2D eigenvalue weighted by atomic mass is 32.2. The van der Waals surface area contributed by atoms with Gasteiger partial charge in [0.15, 0.2) is 11.6 Å². The molecule has 0 bridgehead atoms. The Bertz CT molecular complexity index is 1340. The molecule has 8 nitrogen and oxygen atoms in total. The Kier molecular flexibility index (Phi) is 6.07. The molecule has 12 heteroatoms. The van der Waals surface area contributed by atoms with Crippen molar-refractivity contribution in [3.8, 4) is 6.07 Å². The summed E-state index contributed by atoms with van der Waals surface area (Å²) in [6, 6.07) is 7.33. The largest absolute Gasteiger partial charge is 0.297 e. The van der Waals surface area contributed by atoms with Crippen LogP contribution in [0.25, 0.3) is 11.0 Å². The lowest BCUT2D eigenvalue weighted by Gasteiger charge is -2.30. The number of hydrogen-bond donors (Lipinski definition) is 2. The molecule has 0 radical (unpaired) electrons. The molecule has 0 unspecified atom stereocenters. The summed E-state index contributed by atoms with van der Waals surface area (Å²) in [7, 11) is 0.477. The van der Waals surface area contributed by atoms with E-state index in [1.165, 1.54) is 36.1 Å². The van der Waals surface area contributed by atoms with E-state index in [0.717, 1.165) is 6.07 Å². The third-order valence-corrected chi connectivity index (χ3v) is 7.15. The molecule has 3 heterocycles. The number of alkyl halides is 2. The van der Waals surface area contributed by atoms with Crippen molar-refractivity contribution >= 4 is 33.3 Å². The molecule has 0 spiro atoms. The van der Waals surface area contributed by atoms with Crippen LogP contribution >= 0.6 is 0 Å². The number of hydrogen-bond acceptors (Lipinski definition) is 7. The summed E-state index contributed by atoms with van der Waals surface area (Å²) >= 11 is 0. The lowest BCUT2D eigenvalue weighted by molar-refractivity contribution is 0.146. The number of anilines is 2. The second-order valence-corrected chi connectivity index (χ2v) is 9.38. The Balaban J connectivity index is 1.77. The fourth-order valence-electron chi connectivity index (χ4n) is 3.90. The van der Waals surface area contributed by atoms with Crippen LogP contribution in [0, 0.1) is 17.1 Å². The molecule has 1 fully saturated rings. The number of halogens is 3. The van der Waals surface area contributed by atoms with Crippen LogP contribution in [-0.4, -0.2) is 30.2 Å². The number of aromatic nitrogens is 3. The lowest BCUT2D eigenvalue weighted by atomic mass is 9.77. The fraction of sp³-hybridized carbons (Fsp3) is 0.333. The minimum absolute atomic E-state index is 0.158. The van der Waals surface area contributed by atoms with E-state index in [4.69, 9.17) is 0 Å². The Morgan fingerprint density at radius 3 is 2.64 bits per heavy atom. The van der Waals surface area contributed by atoms with Crippen molar-refractivity contribution in [1.29, 1.82) is 5.26 Å². The average Bonchev–Trinajstić information content (AvgIpc) is 2.81. The summed E-state index contributed by atoms with van der Waals surface area (Å²) in [4.78, 5) is 21.3. The molecular formula is C21H19F3N6O2S. The van der Waals surface area contributed by atoms with Gasteiger partial charge in [-0.25, -0.2) is 23.1 Å². The van der Waals surface area contributed by atoms with Gasteiger partial charge in [0, 0.05) is 34.9 Å². The van der Waals surface area contributed by atoms with E-state index in [0.29, 0.717) is 16.9 Å². The van der Waals surface area contributed by atoms with E-state index in [1.54, 1.807) is 0 Å². The molecule has 0 atom stereocenters. The predicted octanol–water partition coefficient (Wildman–Crippen LogP) is 3.15. The van der Waals surface area contributed by atoms with Crippen molar-refractivity contribution in [3.05, 3.63) is 57.9 Å². The minimum Gasteiger partial charge on any atom is -0.297 e. The molecule has 172 valence electrons. The Morgan fingerprint density at radius 2 is 1.97 bits per heavy atom. The topological polar surface area (TPSA) is 113 Å². The van der Waals surface area contributed by atoms with Gasteiger partial charge >= 0.3 is 0 Å². The van der Waals surface area contributed by atoms with Crippen molar-refractivity contribution in [2.45, 2.75) is 24.7 Å². The highest BCUT2D eigenvalue weighted by Crippen LogP contribution is 2.35. The molecular weight excluding hydrogens is 457 g/mol. The SMILES string of the molecule is Cn1c(=O)c(C2(C#N)CCS(=O)CC2)cc2c(NNc3cccc(C(F)F)c3F)ncnc21. The van der Waals surface area contributed by atoms with Crippen molar-refractivity contribution in [2.24, 2.45) is 7.05 Å². The maximum Gasteiger partial charge on any atom is 0.266 e. The van der Waals surface area contributed by atoms with Crippen molar-refractivity contribution in [3.63, 3.8) is 0 Å². The lowest BCUT2D eigenvalue weighted by Crippen LogP contribution is -2.39. The van der Waals surface area contributed by atoms with Crippen LogP contribution in [0.15, 0.2) is 35.4 Å². The van der Waals surface area contributed by atoms with E-state index < -0.39 is 39.6 Å². The number of nitrogens with one attached hydrogen (secondary N) is 2. The monoisotopic (exact) mass is 476 g/mol. The van der Waals surface area contributed by atoms with E-state index in [-0.39, 0.29) is 35.6 Å². The van der Waals surface area contributed by atoms with Crippen molar-refractivity contribution < 1.29 is 17.4 Å². The predicted molar refractivity (Wildman–Crippen MR) is 118 cm³/mol. The molecule has 33 heavy (non-hydrogen) atoms. The van der Waals surface area contributed by atoms with E-state index >= 15 is 0 Å². The molecule has 1 aliphatic heterocycles. The molecule has 0 aliphatic carbocycles. The number of hydrazine groups is 1. The third-order valence-electron chi connectivity index (χ3n) is 5.83. The number of rotatable bonds is 5. The van der Waals surface area contributed by atoms with Gasteiger partial charge in [0.2, 0.25) is 0 Å². The first-order valence-corrected chi connectivity index (χ1v) is 11.5. The smallest absolute Gasteiger partial charge is 0.266 e. The van der Waals surface area contributed by atoms with Crippen LogP contribution < -0.4 is 16.4 Å². The Hall–Kier alpha value is -3.46. The third kappa shape index (κ3) is 4.04. The first-order valence-electron chi connectivity index (χ1n) is 9.97. The number of nitrogens with zero attached hydrogens (tertiary/aromatic N) is 4. The first-order chi connectivity index (χ1) is 15.8. The second kappa shape index (κ2) is 8.82. The van der Waals surface area contributed by atoms with Crippen molar-refractivity contribution in [2.75, 3.05) is 22.4 Å². The van der Waals surface area contributed by atoms with Gasteiger partial charge in [0.05, 0.1) is 28.1 Å². The molecule has 0 amide bonds. The molecule has 3 aromatic rings. The van der Waals surface area contributed by atoms with E-state index in [2.05, 4.69) is 26.9 Å². The average molecular weight is 476 g/mol. The maximum absolute atomic E-state index is 14.4. The number of benzene rings is 1. The quantitative estimate of drug-likeness (QED) is 0.544. The highest BCUT2D eigenvalue weighted by molar-refractivity contribution is 7.85. The molecule has 2 N–H and O–H groups in total. The standard InChI is InChI=1S/C21H19F3N6O2S/c1-30-19-13(9-14(20(30)31)21(10-25)5-7-33(32)8-6-21)18(26-11-27-19)29-28-15-4-2-3-12(16(15)22)17(23)24/h2-4,9,11,17,28H,5-8H2,1H3,(H,26,27,29). The van der Waals surface area contributed by atoms with Crippen molar-refractivity contribution in [1.82, 2.24) is 14.5 Å². The van der Waals surface area contributed by atoms with E-state index in [9.17, 15) is 27.4 Å².